The van der Waals surface area contributed by atoms with Gasteiger partial charge >= 0.3 is 0 Å². The Morgan fingerprint density at radius 3 is 2.96 bits per heavy atom. The second kappa shape index (κ2) is 6.98. The van der Waals surface area contributed by atoms with E-state index in [1.165, 1.54) is 0 Å². The average Bonchev–Trinajstić information content (AvgIpc) is 3.17. The summed E-state index contributed by atoms with van der Waals surface area (Å²) < 4.78 is 7.70. The van der Waals surface area contributed by atoms with E-state index in [1.54, 1.807) is 16.9 Å². The van der Waals surface area contributed by atoms with E-state index in [0.29, 0.717) is 12.0 Å². The van der Waals surface area contributed by atoms with Gasteiger partial charge in [0.15, 0.2) is 5.75 Å². The molecule has 1 aliphatic rings. The fourth-order valence-corrected chi connectivity index (χ4v) is 3.08. The van der Waals surface area contributed by atoms with Crippen LogP contribution in [0.15, 0.2) is 18.5 Å². The van der Waals surface area contributed by atoms with Gasteiger partial charge in [0.25, 0.3) is 5.91 Å². The van der Waals surface area contributed by atoms with Crippen molar-refractivity contribution in [2.24, 2.45) is 7.05 Å². The van der Waals surface area contributed by atoms with Gasteiger partial charge in [-0.3, -0.25) is 9.48 Å². The van der Waals surface area contributed by atoms with E-state index in [0.717, 1.165) is 36.4 Å². The molecule has 0 aromatic carbocycles. The van der Waals surface area contributed by atoms with Gasteiger partial charge in [0.1, 0.15) is 6.10 Å². The summed E-state index contributed by atoms with van der Waals surface area (Å²) in [5.74, 6) is 0.635. The van der Waals surface area contributed by atoms with Crippen molar-refractivity contribution in [3.05, 3.63) is 35.4 Å². The predicted octanol–water partition coefficient (Wildman–Crippen LogP) is 1.81. The predicted molar refractivity (Wildman–Crippen MR) is 88.9 cm³/mol. The summed E-state index contributed by atoms with van der Waals surface area (Å²) in [4.78, 5) is 12.7. The maximum atomic E-state index is 12.7. The first-order valence-corrected chi connectivity index (χ1v) is 8.36. The second-order valence-corrected chi connectivity index (χ2v) is 6.22. The van der Waals surface area contributed by atoms with E-state index in [4.69, 9.17) is 4.74 Å². The minimum absolute atomic E-state index is 0.00381. The molecular weight excluding hydrogens is 306 g/mol. The quantitative estimate of drug-likeness (QED) is 0.905. The molecule has 128 valence electrons. The molecule has 3 rings (SSSR count). The van der Waals surface area contributed by atoms with Gasteiger partial charge in [0.05, 0.1) is 35.4 Å². The standard InChI is InChI=1S/C17H23N5O2/c1-4-14-13(8-11(2)20-21-14)17(23)19-15-6-5-7-16(15)24-12-9-18-22(3)10-12/h8-10,15-16H,4-7H2,1-3H3,(H,19,23)/t15-,16+/m0/s1. The molecule has 0 bridgehead atoms. The molecule has 7 heteroatoms. The van der Waals surface area contributed by atoms with Gasteiger partial charge in [0, 0.05) is 7.05 Å². The molecule has 1 aliphatic carbocycles. The lowest BCUT2D eigenvalue weighted by Crippen LogP contribution is -2.42. The smallest absolute Gasteiger partial charge is 0.253 e. The Bertz CT molecular complexity index is 728. The van der Waals surface area contributed by atoms with Gasteiger partial charge in [0.2, 0.25) is 0 Å². The molecular formula is C17H23N5O2. The molecule has 7 nitrogen and oxygen atoms in total. The summed E-state index contributed by atoms with van der Waals surface area (Å²) in [5, 5.41) is 15.4. The van der Waals surface area contributed by atoms with E-state index in [1.807, 2.05) is 27.1 Å². The number of hydrogen-bond donors (Lipinski definition) is 1. The van der Waals surface area contributed by atoms with Crippen LogP contribution in [0.2, 0.25) is 0 Å². The van der Waals surface area contributed by atoms with Crippen LogP contribution in [0.3, 0.4) is 0 Å². The normalized spacial score (nSPS) is 20.1. The number of amides is 1. The number of nitrogens with one attached hydrogen (secondary N) is 1. The van der Waals surface area contributed by atoms with Gasteiger partial charge in [-0.15, -0.1) is 0 Å². The molecule has 24 heavy (non-hydrogen) atoms. The number of hydrogen-bond acceptors (Lipinski definition) is 5. The molecule has 2 aromatic rings. The maximum absolute atomic E-state index is 12.7. The SMILES string of the molecule is CCc1nnc(C)cc1C(=O)N[C@H]1CCC[C@H]1Oc1cnn(C)c1. The van der Waals surface area contributed by atoms with Crippen LogP contribution in [-0.4, -0.2) is 38.0 Å². The number of aryl methyl sites for hydroxylation is 3. The summed E-state index contributed by atoms with van der Waals surface area (Å²) in [5.41, 5.74) is 2.07. The highest BCUT2D eigenvalue weighted by Crippen LogP contribution is 2.25. The van der Waals surface area contributed by atoms with Crippen molar-refractivity contribution < 1.29 is 9.53 Å². The third-order valence-corrected chi connectivity index (χ3v) is 4.31. The van der Waals surface area contributed by atoms with Crippen molar-refractivity contribution in [1.29, 1.82) is 0 Å². The summed E-state index contributed by atoms with van der Waals surface area (Å²) in [6.07, 6.45) is 7.05. The zero-order chi connectivity index (χ0) is 17.1. The number of nitrogens with zero attached hydrogens (tertiary/aromatic N) is 4. The Morgan fingerprint density at radius 1 is 1.42 bits per heavy atom. The average molecular weight is 329 g/mol. The van der Waals surface area contributed by atoms with E-state index in [-0.39, 0.29) is 18.1 Å². The van der Waals surface area contributed by atoms with Crippen molar-refractivity contribution >= 4 is 5.91 Å². The summed E-state index contributed by atoms with van der Waals surface area (Å²) in [7, 11) is 1.85. The first-order valence-electron chi connectivity index (χ1n) is 8.36. The molecule has 1 amide bonds. The van der Waals surface area contributed by atoms with Crippen molar-refractivity contribution in [1.82, 2.24) is 25.3 Å². The molecule has 2 atom stereocenters. The number of carbonyl (C=O) groups is 1. The molecule has 0 spiro atoms. The van der Waals surface area contributed by atoms with Crippen LogP contribution in [0.25, 0.3) is 0 Å². The van der Waals surface area contributed by atoms with Crippen LogP contribution in [0.1, 0.15) is 47.9 Å². The maximum Gasteiger partial charge on any atom is 0.253 e. The fraction of sp³-hybridized carbons (Fsp3) is 0.529. The van der Waals surface area contributed by atoms with Crippen LogP contribution in [0.5, 0.6) is 5.75 Å². The lowest BCUT2D eigenvalue weighted by molar-refractivity contribution is 0.0892. The number of rotatable bonds is 5. The Balaban J connectivity index is 1.70. The van der Waals surface area contributed by atoms with Crippen LogP contribution >= 0.6 is 0 Å². The summed E-state index contributed by atoms with van der Waals surface area (Å²) >= 11 is 0. The molecule has 0 aliphatic heterocycles. The van der Waals surface area contributed by atoms with E-state index < -0.39 is 0 Å². The highest BCUT2D eigenvalue weighted by Gasteiger charge is 2.31. The van der Waals surface area contributed by atoms with Crippen molar-refractivity contribution in [2.75, 3.05) is 0 Å². The first-order chi connectivity index (χ1) is 11.6. The van der Waals surface area contributed by atoms with Crippen LogP contribution in [0, 0.1) is 6.92 Å². The Morgan fingerprint density at radius 2 is 2.25 bits per heavy atom. The lowest BCUT2D eigenvalue weighted by atomic mass is 10.1. The second-order valence-electron chi connectivity index (χ2n) is 6.22. The zero-order valence-corrected chi connectivity index (χ0v) is 14.3. The molecule has 1 N–H and O–H groups in total. The fourth-order valence-electron chi connectivity index (χ4n) is 3.08. The van der Waals surface area contributed by atoms with Crippen molar-refractivity contribution in [3.63, 3.8) is 0 Å². The topological polar surface area (TPSA) is 81.9 Å². The third-order valence-electron chi connectivity index (χ3n) is 4.31. The van der Waals surface area contributed by atoms with E-state index >= 15 is 0 Å². The van der Waals surface area contributed by atoms with Crippen LogP contribution in [-0.2, 0) is 13.5 Å². The summed E-state index contributed by atoms with van der Waals surface area (Å²) in [6.45, 7) is 3.81. The highest BCUT2D eigenvalue weighted by atomic mass is 16.5. The molecule has 1 fully saturated rings. The van der Waals surface area contributed by atoms with Crippen LogP contribution in [0.4, 0.5) is 0 Å². The molecule has 0 unspecified atom stereocenters. The van der Waals surface area contributed by atoms with Crippen molar-refractivity contribution in [2.45, 2.75) is 51.7 Å². The number of ether oxygens (including phenoxy) is 1. The third kappa shape index (κ3) is 3.55. The lowest BCUT2D eigenvalue weighted by Gasteiger charge is -2.22. The monoisotopic (exact) mass is 329 g/mol. The molecule has 1 saturated carbocycles. The first kappa shape index (κ1) is 16.4. The zero-order valence-electron chi connectivity index (χ0n) is 14.3. The summed E-state index contributed by atoms with van der Waals surface area (Å²) in [6, 6.07) is 1.79. The highest BCUT2D eigenvalue weighted by molar-refractivity contribution is 5.95. The molecule has 2 heterocycles. The number of aromatic nitrogens is 4. The molecule has 2 aromatic heterocycles. The molecule has 0 radical (unpaired) electrons. The molecule has 0 saturated heterocycles. The Labute approximate surface area is 141 Å². The van der Waals surface area contributed by atoms with Crippen molar-refractivity contribution in [3.8, 4) is 5.75 Å². The number of carbonyl (C=O) groups excluding carboxylic acids is 1. The van der Waals surface area contributed by atoms with E-state index in [2.05, 4.69) is 20.6 Å². The minimum atomic E-state index is -0.100. The van der Waals surface area contributed by atoms with Crippen LogP contribution < -0.4 is 10.1 Å². The van der Waals surface area contributed by atoms with Gasteiger partial charge < -0.3 is 10.1 Å². The van der Waals surface area contributed by atoms with Gasteiger partial charge in [-0.05, 0) is 38.7 Å². The van der Waals surface area contributed by atoms with Gasteiger partial charge in [-0.2, -0.15) is 15.3 Å². The Kier molecular flexibility index (Phi) is 4.78. The van der Waals surface area contributed by atoms with E-state index in [9.17, 15) is 4.79 Å². The minimum Gasteiger partial charge on any atom is -0.485 e. The Hall–Kier alpha value is -2.44. The van der Waals surface area contributed by atoms with Gasteiger partial charge in [-0.1, -0.05) is 6.92 Å². The largest absolute Gasteiger partial charge is 0.485 e. The van der Waals surface area contributed by atoms with Gasteiger partial charge in [-0.25, -0.2) is 0 Å².